The Morgan fingerprint density at radius 2 is 2.07 bits per heavy atom. The third-order valence-corrected chi connectivity index (χ3v) is 3.72. The highest BCUT2D eigenvalue weighted by molar-refractivity contribution is 8.81. The third kappa shape index (κ3) is 5.00. The summed E-state index contributed by atoms with van der Waals surface area (Å²) in [7, 11) is 2.94. The van der Waals surface area contributed by atoms with Gasteiger partial charge in [0.15, 0.2) is 0 Å². The van der Waals surface area contributed by atoms with Gasteiger partial charge in [0.25, 0.3) is 0 Å². The molecule has 14 heavy (non-hydrogen) atoms. The Labute approximate surface area is 102 Å². The Hall–Kier alpha value is -0.0300. The summed E-state index contributed by atoms with van der Waals surface area (Å²) in [4.78, 5) is 0. The van der Waals surface area contributed by atoms with E-state index in [-0.39, 0.29) is 12.4 Å². The van der Waals surface area contributed by atoms with E-state index < -0.39 is 0 Å². The summed E-state index contributed by atoms with van der Waals surface area (Å²) in [6.45, 7) is 0. The van der Waals surface area contributed by atoms with Crippen molar-refractivity contribution in [3.05, 3.63) is 34.9 Å². The second-order valence-electron chi connectivity index (χ2n) is 2.34. The quantitative estimate of drug-likeness (QED) is 0.391. The van der Waals surface area contributed by atoms with E-state index in [9.17, 15) is 0 Å². The first-order valence-corrected chi connectivity index (χ1v) is 6.30. The average molecular weight is 269 g/mol. The molecule has 1 aromatic carbocycles. The van der Waals surface area contributed by atoms with E-state index in [4.69, 9.17) is 22.7 Å². The second-order valence-corrected chi connectivity index (χ2v) is 5.12. The maximum absolute atomic E-state index is 5.95. The van der Waals surface area contributed by atoms with Crippen molar-refractivity contribution in [3.8, 4) is 0 Å². The van der Waals surface area contributed by atoms with Crippen LogP contribution in [0, 0.1) is 0 Å². The number of halogens is 2. The highest BCUT2D eigenvalue weighted by atomic mass is 35.5. The summed E-state index contributed by atoms with van der Waals surface area (Å²) in [6, 6.07) is 7.73. The van der Waals surface area contributed by atoms with E-state index in [0.29, 0.717) is 5.17 Å². The number of hydrogen-bond acceptors (Lipinski definition) is 2. The van der Waals surface area contributed by atoms with Crippen molar-refractivity contribution in [1.82, 2.24) is 0 Å². The largest absolute Gasteiger partial charge is 1.00 e. The van der Waals surface area contributed by atoms with E-state index in [1.54, 1.807) is 10.8 Å². The van der Waals surface area contributed by atoms with Crippen LogP contribution in [0.15, 0.2) is 24.3 Å². The van der Waals surface area contributed by atoms with Gasteiger partial charge in [0.05, 0.1) is 0 Å². The van der Waals surface area contributed by atoms with Gasteiger partial charge in [0.2, 0.25) is 0 Å². The molecule has 0 aliphatic carbocycles. The van der Waals surface area contributed by atoms with Crippen molar-refractivity contribution in [1.29, 1.82) is 0 Å². The fourth-order valence-corrected chi connectivity index (χ4v) is 2.60. The minimum absolute atomic E-state index is 0. The molecule has 0 aromatic heterocycles. The standard InChI is InChI=1S/C8H9ClN2S2.ClH/c9-7-4-2-1-3-6(7)5-12-13-8(10)11;/h1-4H,5H2,(H3,10,11);1H. The SMILES string of the molecule is NC(=[NH2+])SSCc1ccccc1Cl.[Cl-]. The van der Waals surface area contributed by atoms with Gasteiger partial charge in [-0.15, -0.1) is 0 Å². The molecule has 0 saturated heterocycles. The smallest absolute Gasteiger partial charge is 0.310 e. The van der Waals surface area contributed by atoms with E-state index in [1.165, 1.54) is 10.8 Å². The summed E-state index contributed by atoms with van der Waals surface area (Å²) in [5.41, 5.74) is 6.40. The lowest BCUT2D eigenvalue weighted by atomic mass is 10.2. The maximum atomic E-state index is 5.95. The van der Waals surface area contributed by atoms with Gasteiger partial charge >= 0.3 is 5.17 Å². The van der Waals surface area contributed by atoms with Crippen molar-refractivity contribution >= 4 is 38.4 Å². The van der Waals surface area contributed by atoms with E-state index in [2.05, 4.69) is 0 Å². The van der Waals surface area contributed by atoms with Crippen LogP contribution in [0.3, 0.4) is 0 Å². The van der Waals surface area contributed by atoms with Crippen molar-refractivity contribution in [2.75, 3.05) is 0 Å². The molecular weight excluding hydrogens is 259 g/mol. The van der Waals surface area contributed by atoms with Crippen LogP contribution in [0.25, 0.3) is 0 Å². The summed E-state index contributed by atoms with van der Waals surface area (Å²) in [6.07, 6.45) is 0. The zero-order valence-electron chi connectivity index (χ0n) is 7.24. The molecule has 0 aliphatic rings. The summed E-state index contributed by atoms with van der Waals surface area (Å²) in [5.74, 6) is 0.808. The molecule has 1 rings (SSSR count). The fraction of sp³-hybridized carbons (Fsp3) is 0.125. The van der Waals surface area contributed by atoms with Crippen molar-refractivity contribution < 1.29 is 17.8 Å². The fourth-order valence-electron chi connectivity index (χ4n) is 0.776. The molecule has 0 spiro atoms. The number of benzene rings is 1. The van der Waals surface area contributed by atoms with Crippen LogP contribution in [0.2, 0.25) is 5.02 Å². The van der Waals surface area contributed by atoms with E-state index >= 15 is 0 Å². The van der Waals surface area contributed by atoms with Crippen LogP contribution >= 0.6 is 33.2 Å². The van der Waals surface area contributed by atoms with Crippen LogP contribution in [-0.4, -0.2) is 5.17 Å². The van der Waals surface area contributed by atoms with Gasteiger partial charge in [-0.1, -0.05) is 40.6 Å². The molecule has 0 radical (unpaired) electrons. The Morgan fingerprint density at radius 1 is 1.43 bits per heavy atom. The second kappa shape index (κ2) is 7.29. The Balaban J connectivity index is 0.00000169. The first-order valence-electron chi connectivity index (χ1n) is 3.61. The molecule has 2 nitrogen and oxygen atoms in total. The van der Waals surface area contributed by atoms with Crippen LogP contribution < -0.4 is 23.5 Å². The van der Waals surface area contributed by atoms with E-state index in [0.717, 1.165) is 16.3 Å². The van der Waals surface area contributed by atoms with Gasteiger partial charge in [-0.2, -0.15) is 0 Å². The van der Waals surface area contributed by atoms with Gasteiger partial charge < -0.3 is 12.4 Å². The molecule has 0 amide bonds. The van der Waals surface area contributed by atoms with Crippen LogP contribution in [0.1, 0.15) is 5.56 Å². The first-order chi connectivity index (χ1) is 6.20. The molecule has 0 fully saturated rings. The number of rotatable bonds is 3. The Bertz CT molecular complexity index is 307. The molecule has 0 atom stereocenters. The van der Waals surface area contributed by atoms with Crippen molar-refractivity contribution in [2.24, 2.45) is 5.73 Å². The van der Waals surface area contributed by atoms with Crippen molar-refractivity contribution in [2.45, 2.75) is 5.75 Å². The lowest BCUT2D eigenvalue weighted by Gasteiger charge is -2.00. The molecule has 4 N–H and O–H groups in total. The molecule has 0 aliphatic heterocycles. The van der Waals surface area contributed by atoms with Crippen molar-refractivity contribution in [3.63, 3.8) is 0 Å². The topological polar surface area (TPSA) is 51.6 Å². The molecule has 78 valence electrons. The van der Waals surface area contributed by atoms with Crippen LogP contribution in [0.4, 0.5) is 0 Å². The summed E-state index contributed by atoms with van der Waals surface area (Å²) >= 11 is 5.95. The zero-order chi connectivity index (χ0) is 9.68. The lowest BCUT2D eigenvalue weighted by molar-refractivity contribution is -0.109. The van der Waals surface area contributed by atoms with Gasteiger partial charge in [-0.25, -0.2) is 0 Å². The minimum Gasteiger partial charge on any atom is -1.00 e. The molecule has 0 bridgehead atoms. The Kier molecular flexibility index (Phi) is 7.27. The molecule has 0 saturated carbocycles. The van der Waals surface area contributed by atoms with Gasteiger partial charge in [-0.05, 0) is 11.6 Å². The molecule has 0 unspecified atom stereocenters. The van der Waals surface area contributed by atoms with E-state index in [1.807, 2.05) is 24.3 Å². The van der Waals surface area contributed by atoms with Gasteiger partial charge in [0, 0.05) is 21.6 Å². The zero-order valence-corrected chi connectivity index (χ0v) is 10.4. The predicted octanol–water partition coefficient (Wildman–Crippen LogP) is -1.70. The molecular formula is C8H10Cl2N2S2. The van der Waals surface area contributed by atoms with Gasteiger partial charge in [0.1, 0.15) is 0 Å². The average Bonchev–Trinajstić information content (AvgIpc) is 2.08. The highest BCUT2D eigenvalue weighted by Crippen LogP contribution is 2.27. The monoisotopic (exact) mass is 268 g/mol. The summed E-state index contributed by atoms with van der Waals surface area (Å²) < 4.78 is 0. The third-order valence-electron chi connectivity index (χ3n) is 1.33. The minimum atomic E-state index is 0. The molecule has 6 heteroatoms. The summed E-state index contributed by atoms with van der Waals surface area (Å²) in [5, 5.41) is 6.45. The number of amidine groups is 1. The highest BCUT2D eigenvalue weighted by Gasteiger charge is 2.01. The van der Waals surface area contributed by atoms with Crippen LogP contribution in [-0.2, 0) is 5.75 Å². The molecule has 1 aromatic rings. The number of nitrogens with two attached hydrogens (primary N) is 2. The first kappa shape index (κ1) is 14.0. The maximum Gasteiger partial charge on any atom is 0.310 e. The van der Waals surface area contributed by atoms with Crippen LogP contribution in [0.5, 0.6) is 0 Å². The molecule has 0 heterocycles. The predicted molar refractivity (Wildman–Crippen MR) is 61.5 cm³/mol. The number of hydrogen-bond donors (Lipinski definition) is 2. The Morgan fingerprint density at radius 3 is 2.64 bits per heavy atom. The lowest BCUT2D eigenvalue weighted by Crippen LogP contribution is -3.00. The van der Waals surface area contributed by atoms with Gasteiger partial charge in [-0.3, -0.25) is 11.1 Å². The normalized spacial score (nSPS) is 9.21.